The van der Waals surface area contributed by atoms with Gasteiger partial charge in [0.25, 0.3) is 10.0 Å². The second kappa shape index (κ2) is 6.51. The number of sulfone groups is 1. The van der Waals surface area contributed by atoms with E-state index in [1.165, 1.54) is 12.1 Å². The molecule has 124 valence electrons. The molecule has 0 fully saturated rings. The van der Waals surface area contributed by atoms with Gasteiger partial charge in [-0.15, -0.1) is 0 Å². The molecule has 0 saturated heterocycles. The first-order chi connectivity index (χ1) is 10.6. The molecule has 8 heteroatoms. The summed E-state index contributed by atoms with van der Waals surface area (Å²) in [6.45, 7) is 1.91. The van der Waals surface area contributed by atoms with Crippen molar-refractivity contribution in [3.8, 4) is 0 Å². The van der Waals surface area contributed by atoms with Gasteiger partial charge in [0, 0.05) is 6.26 Å². The molecule has 0 aromatic heterocycles. The molecule has 0 amide bonds. The van der Waals surface area contributed by atoms with Crippen molar-refractivity contribution in [1.82, 2.24) is 0 Å². The van der Waals surface area contributed by atoms with Crippen LogP contribution in [0.1, 0.15) is 12.5 Å². The predicted octanol–water partition coefficient (Wildman–Crippen LogP) is 3.11. The lowest BCUT2D eigenvalue weighted by atomic mass is 10.1. The Bertz CT molecular complexity index is 938. The van der Waals surface area contributed by atoms with Crippen molar-refractivity contribution in [3.05, 3.63) is 53.1 Å². The van der Waals surface area contributed by atoms with Crippen molar-refractivity contribution < 1.29 is 16.8 Å². The van der Waals surface area contributed by atoms with Crippen molar-refractivity contribution in [2.75, 3.05) is 11.0 Å². The van der Waals surface area contributed by atoms with Crippen LogP contribution in [0.15, 0.2) is 52.3 Å². The first kappa shape index (κ1) is 17.8. The zero-order chi connectivity index (χ0) is 17.3. The normalized spacial score (nSPS) is 12.1. The molecule has 23 heavy (non-hydrogen) atoms. The molecule has 0 aliphatic rings. The van der Waals surface area contributed by atoms with Crippen LogP contribution in [0.25, 0.3) is 0 Å². The van der Waals surface area contributed by atoms with E-state index in [1.54, 1.807) is 12.1 Å². The van der Waals surface area contributed by atoms with E-state index in [4.69, 9.17) is 11.6 Å². The molecule has 0 aliphatic heterocycles. The minimum Gasteiger partial charge on any atom is -0.279 e. The predicted molar refractivity (Wildman–Crippen MR) is 91.2 cm³/mol. The zero-order valence-electron chi connectivity index (χ0n) is 12.6. The van der Waals surface area contributed by atoms with Gasteiger partial charge in [-0.25, -0.2) is 16.8 Å². The Morgan fingerprint density at radius 2 is 1.70 bits per heavy atom. The number of para-hydroxylation sites is 1. The van der Waals surface area contributed by atoms with Crippen molar-refractivity contribution in [2.45, 2.75) is 23.1 Å². The highest BCUT2D eigenvalue weighted by Crippen LogP contribution is 2.27. The molecule has 2 aromatic rings. The number of hydrogen-bond acceptors (Lipinski definition) is 4. The fraction of sp³-hybridized carbons (Fsp3) is 0.200. The maximum atomic E-state index is 12.6. The van der Waals surface area contributed by atoms with Crippen LogP contribution in [-0.4, -0.2) is 23.1 Å². The van der Waals surface area contributed by atoms with Crippen LogP contribution in [0.4, 0.5) is 5.69 Å². The number of sulfonamides is 1. The van der Waals surface area contributed by atoms with Gasteiger partial charge in [0.1, 0.15) is 4.90 Å². The number of anilines is 1. The van der Waals surface area contributed by atoms with Crippen LogP contribution in [0, 0.1) is 0 Å². The van der Waals surface area contributed by atoms with Gasteiger partial charge in [-0.3, -0.25) is 4.72 Å². The van der Waals surface area contributed by atoms with Gasteiger partial charge in [-0.05, 0) is 36.2 Å². The Morgan fingerprint density at radius 1 is 1.04 bits per heavy atom. The standard InChI is InChI=1S/C15H16ClNO4S2/c1-3-11-6-4-5-7-14(11)17-23(20,21)15-10-12(22(2,18)19)8-9-13(15)16/h4-10,17H,3H2,1-2H3. The molecular weight excluding hydrogens is 358 g/mol. The van der Waals surface area contributed by atoms with Crippen LogP contribution in [-0.2, 0) is 26.3 Å². The molecule has 0 radical (unpaired) electrons. The second-order valence-corrected chi connectivity index (χ2v) is 9.05. The molecule has 0 atom stereocenters. The van der Waals surface area contributed by atoms with E-state index < -0.39 is 19.9 Å². The molecule has 0 bridgehead atoms. The minimum absolute atomic E-state index is 0.0427. The highest BCUT2D eigenvalue weighted by atomic mass is 35.5. The van der Waals surface area contributed by atoms with Crippen molar-refractivity contribution >= 4 is 37.1 Å². The highest BCUT2D eigenvalue weighted by Gasteiger charge is 2.21. The van der Waals surface area contributed by atoms with E-state index in [0.29, 0.717) is 12.1 Å². The van der Waals surface area contributed by atoms with Gasteiger partial charge in [0.2, 0.25) is 0 Å². The zero-order valence-corrected chi connectivity index (χ0v) is 15.0. The number of halogens is 1. The van der Waals surface area contributed by atoms with Crippen LogP contribution in [0.3, 0.4) is 0 Å². The number of nitrogens with one attached hydrogen (secondary N) is 1. The molecule has 0 unspecified atom stereocenters. The lowest BCUT2D eigenvalue weighted by molar-refractivity contribution is 0.599. The summed E-state index contributed by atoms with van der Waals surface area (Å²) in [7, 11) is -7.54. The van der Waals surface area contributed by atoms with Crippen molar-refractivity contribution in [3.63, 3.8) is 0 Å². The molecular formula is C15H16ClNO4S2. The van der Waals surface area contributed by atoms with E-state index in [1.807, 2.05) is 19.1 Å². The van der Waals surface area contributed by atoms with Crippen LogP contribution >= 0.6 is 11.6 Å². The lowest BCUT2D eigenvalue weighted by Gasteiger charge is -2.13. The minimum atomic E-state index is -4.01. The average molecular weight is 374 g/mol. The van der Waals surface area contributed by atoms with Crippen LogP contribution in [0.5, 0.6) is 0 Å². The molecule has 0 spiro atoms. The summed E-state index contributed by atoms with van der Waals surface area (Å²) in [5.41, 5.74) is 1.27. The highest BCUT2D eigenvalue weighted by molar-refractivity contribution is 7.93. The summed E-state index contributed by atoms with van der Waals surface area (Å²) in [5, 5.41) is -0.0427. The maximum Gasteiger partial charge on any atom is 0.263 e. The van der Waals surface area contributed by atoms with Gasteiger partial charge in [0.05, 0.1) is 15.6 Å². The third-order valence-corrected chi connectivity index (χ3v) is 6.22. The van der Waals surface area contributed by atoms with E-state index in [0.717, 1.165) is 17.9 Å². The van der Waals surface area contributed by atoms with Crippen LogP contribution in [0.2, 0.25) is 5.02 Å². The Kier molecular flexibility index (Phi) is 5.03. The number of hydrogen-bond donors (Lipinski definition) is 1. The molecule has 5 nitrogen and oxygen atoms in total. The Labute approximate surface area is 141 Å². The third-order valence-electron chi connectivity index (χ3n) is 3.26. The van der Waals surface area contributed by atoms with Gasteiger partial charge in [0.15, 0.2) is 9.84 Å². The summed E-state index contributed by atoms with van der Waals surface area (Å²) in [6.07, 6.45) is 1.66. The second-order valence-electron chi connectivity index (χ2n) is 4.98. The fourth-order valence-corrected chi connectivity index (χ4v) is 4.40. The SMILES string of the molecule is CCc1ccccc1NS(=O)(=O)c1cc(S(C)(=O)=O)ccc1Cl. The van der Waals surface area contributed by atoms with E-state index in [2.05, 4.69) is 4.72 Å². The summed E-state index contributed by atoms with van der Waals surface area (Å²) in [5.74, 6) is 0. The summed E-state index contributed by atoms with van der Waals surface area (Å²) in [4.78, 5) is -0.376. The Morgan fingerprint density at radius 3 is 2.30 bits per heavy atom. The maximum absolute atomic E-state index is 12.6. The largest absolute Gasteiger partial charge is 0.279 e. The van der Waals surface area contributed by atoms with Gasteiger partial charge < -0.3 is 0 Å². The Balaban J connectivity index is 2.52. The number of aryl methyl sites for hydroxylation is 1. The van der Waals surface area contributed by atoms with Gasteiger partial charge in [-0.1, -0.05) is 36.7 Å². The summed E-state index contributed by atoms with van der Waals surface area (Å²) in [6, 6.07) is 10.6. The van der Waals surface area contributed by atoms with E-state index >= 15 is 0 Å². The first-order valence-corrected chi connectivity index (χ1v) is 10.5. The molecule has 0 saturated carbocycles. The van der Waals surface area contributed by atoms with E-state index in [-0.39, 0.29) is 14.8 Å². The number of benzene rings is 2. The van der Waals surface area contributed by atoms with Crippen molar-refractivity contribution in [2.24, 2.45) is 0 Å². The quantitative estimate of drug-likeness (QED) is 0.873. The van der Waals surface area contributed by atoms with Gasteiger partial charge in [-0.2, -0.15) is 0 Å². The summed E-state index contributed by atoms with van der Waals surface area (Å²) >= 11 is 5.96. The molecule has 2 rings (SSSR count). The third kappa shape index (κ3) is 4.04. The van der Waals surface area contributed by atoms with Crippen molar-refractivity contribution in [1.29, 1.82) is 0 Å². The van der Waals surface area contributed by atoms with Gasteiger partial charge >= 0.3 is 0 Å². The molecule has 1 N–H and O–H groups in total. The lowest BCUT2D eigenvalue weighted by Crippen LogP contribution is -2.15. The molecule has 0 aliphatic carbocycles. The molecule has 0 heterocycles. The smallest absolute Gasteiger partial charge is 0.263 e. The average Bonchev–Trinajstić information content (AvgIpc) is 2.46. The topological polar surface area (TPSA) is 80.3 Å². The Hall–Kier alpha value is -1.57. The number of rotatable bonds is 5. The van der Waals surface area contributed by atoms with Crippen LogP contribution < -0.4 is 4.72 Å². The first-order valence-electron chi connectivity index (χ1n) is 6.75. The molecule has 2 aromatic carbocycles. The van der Waals surface area contributed by atoms with E-state index in [9.17, 15) is 16.8 Å². The fourth-order valence-electron chi connectivity index (χ4n) is 2.05. The summed E-state index contributed by atoms with van der Waals surface area (Å²) < 4.78 is 50.9. The monoisotopic (exact) mass is 373 g/mol.